The van der Waals surface area contributed by atoms with Gasteiger partial charge in [0.2, 0.25) is 0 Å². The van der Waals surface area contributed by atoms with E-state index >= 15 is 0 Å². The number of nitrogens with one attached hydrogen (secondary N) is 2. The summed E-state index contributed by atoms with van der Waals surface area (Å²) in [6.45, 7) is 2.25. The zero-order chi connectivity index (χ0) is 24.1. The van der Waals surface area contributed by atoms with E-state index in [1.165, 1.54) is 10.7 Å². The SMILES string of the molecule is Cl.O=C(NCC1CC1)c1nn(-c2cccc(Cl)c2)c2c1CCN(c1cc(F)c3c(c1)CNCC3)C2=O. The summed E-state index contributed by atoms with van der Waals surface area (Å²) >= 11 is 6.22. The average molecular weight is 530 g/mol. The topological polar surface area (TPSA) is 79.3 Å². The summed E-state index contributed by atoms with van der Waals surface area (Å²) in [5, 5.41) is 11.3. The number of fused-ring (bicyclic) bond motifs is 2. The Labute approximate surface area is 219 Å². The van der Waals surface area contributed by atoms with Gasteiger partial charge >= 0.3 is 0 Å². The van der Waals surface area contributed by atoms with Crippen LogP contribution in [0, 0.1) is 11.7 Å². The smallest absolute Gasteiger partial charge is 0.277 e. The Bertz CT molecular complexity index is 1350. The predicted molar refractivity (Wildman–Crippen MR) is 138 cm³/mol. The molecule has 2 aliphatic heterocycles. The number of nitrogens with zero attached hydrogens (tertiary/aromatic N) is 3. The molecule has 1 aliphatic carbocycles. The van der Waals surface area contributed by atoms with Crippen LogP contribution >= 0.6 is 24.0 Å². The van der Waals surface area contributed by atoms with Crippen LogP contribution in [0.1, 0.15) is 50.5 Å². The molecular weight excluding hydrogens is 504 g/mol. The van der Waals surface area contributed by atoms with Gasteiger partial charge in [0, 0.05) is 35.9 Å². The van der Waals surface area contributed by atoms with Gasteiger partial charge in [0.05, 0.1) is 5.69 Å². The zero-order valence-electron chi connectivity index (χ0n) is 19.5. The molecule has 3 aromatic rings. The van der Waals surface area contributed by atoms with E-state index in [2.05, 4.69) is 15.7 Å². The van der Waals surface area contributed by atoms with Crippen molar-refractivity contribution < 1.29 is 14.0 Å². The van der Waals surface area contributed by atoms with Gasteiger partial charge in [-0.25, -0.2) is 9.07 Å². The number of amides is 2. The lowest BCUT2D eigenvalue weighted by atomic mass is 9.97. The summed E-state index contributed by atoms with van der Waals surface area (Å²) in [6, 6.07) is 10.3. The number of carbonyl (C=O) groups excluding carboxylic acids is 2. The molecule has 3 aliphatic rings. The molecular formula is C26H26Cl2FN5O2. The monoisotopic (exact) mass is 529 g/mol. The van der Waals surface area contributed by atoms with Gasteiger partial charge in [0.15, 0.2) is 5.69 Å². The van der Waals surface area contributed by atoms with Crippen molar-refractivity contribution in [3.05, 3.63) is 75.3 Å². The van der Waals surface area contributed by atoms with Gasteiger partial charge in [0.1, 0.15) is 11.5 Å². The first-order valence-corrected chi connectivity index (χ1v) is 12.4. The number of benzene rings is 2. The standard InChI is InChI=1S/C26H25ClFN5O2.ClH/c27-17-2-1-3-18(11-17)33-24-21(23(31-33)25(34)30-13-15-4-5-15)7-9-32(26(24)35)19-10-16-14-29-8-6-20(16)22(28)12-19;/h1-3,10-12,15,29H,4-9,13-14H2,(H,30,34);1H. The lowest BCUT2D eigenvalue weighted by molar-refractivity contribution is 0.0945. The van der Waals surface area contributed by atoms with Crippen LogP contribution in [-0.4, -0.2) is 41.2 Å². The Balaban J connectivity index is 0.00000267. The number of anilines is 1. The molecule has 36 heavy (non-hydrogen) atoms. The lowest BCUT2D eigenvalue weighted by Gasteiger charge is -2.29. The fourth-order valence-electron chi connectivity index (χ4n) is 4.93. The molecule has 0 atom stereocenters. The number of carbonyl (C=O) groups is 2. The van der Waals surface area contributed by atoms with Crippen LogP contribution in [0.5, 0.6) is 0 Å². The largest absolute Gasteiger partial charge is 0.350 e. The van der Waals surface area contributed by atoms with E-state index < -0.39 is 0 Å². The quantitative estimate of drug-likeness (QED) is 0.522. The first-order valence-electron chi connectivity index (χ1n) is 12.0. The van der Waals surface area contributed by atoms with Crippen molar-refractivity contribution in [3.8, 4) is 5.69 Å². The number of hydrogen-bond donors (Lipinski definition) is 2. The summed E-state index contributed by atoms with van der Waals surface area (Å²) in [4.78, 5) is 28.5. The molecule has 7 nitrogen and oxygen atoms in total. The van der Waals surface area contributed by atoms with E-state index in [0.717, 1.165) is 24.9 Å². The highest BCUT2D eigenvalue weighted by Gasteiger charge is 2.36. The fourth-order valence-corrected chi connectivity index (χ4v) is 5.12. The predicted octanol–water partition coefficient (Wildman–Crippen LogP) is 4.08. The minimum atomic E-state index is -0.317. The minimum Gasteiger partial charge on any atom is -0.350 e. The molecule has 0 saturated heterocycles. The first-order chi connectivity index (χ1) is 17.0. The number of halogens is 3. The maximum absolute atomic E-state index is 14.9. The molecule has 188 valence electrons. The Morgan fingerprint density at radius 3 is 2.78 bits per heavy atom. The van der Waals surface area contributed by atoms with E-state index in [0.29, 0.717) is 71.6 Å². The van der Waals surface area contributed by atoms with Crippen molar-refractivity contribution >= 4 is 41.5 Å². The number of rotatable bonds is 5. The highest BCUT2D eigenvalue weighted by Crippen LogP contribution is 2.32. The van der Waals surface area contributed by atoms with Crippen LogP contribution in [0.4, 0.5) is 10.1 Å². The van der Waals surface area contributed by atoms with Crippen molar-refractivity contribution in [1.29, 1.82) is 0 Å². The van der Waals surface area contributed by atoms with Crippen molar-refractivity contribution in [3.63, 3.8) is 0 Å². The summed E-state index contributed by atoms with van der Waals surface area (Å²) in [5.74, 6) is -0.361. The summed E-state index contributed by atoms with van der Waals surface area (Å²) < 4.78 is 16.4. The molecule has 10 heteroatoms. The van der Waals surface area contributed by atoms with Crippen LogP contribution in [-0.2, 0) is 19.4 Å². The Morgan fingerprint density at radius 1 is 1.17 bits per heavy atom. The average Bonchev–Trinajstić information content (AvgIpc) is 3.60. The third-order valence-corrected chi connectivity index (χ3v) is 7.22. The van der Waals surface area contributed by atoms with Crippen molar-refractivity contribution in [2.24, 2.45) is 5.92 Å². The van der Waals surface area contributed by atoms with E-state index in [4.69, 9.17) is 11.6 Å². The van der Waals surface area contributed by atoms with Gasteiger partial charge in [-0.3, -0.25) is 9.59 Å². The Hall–Kier alpha value is -2.94. The summed E-state index contributed by atoms with van der Waals surface area (Å²) in [7, 11) is 0. The molecule has 1 aromatic heterocycles. The van der Waals surface area contributed by atoms with Crippen molar-refractivity contribution in [1.82, 2.24) is 20.4 Å². The van der Waals surface area contributed by atoms with Gasteiger partial charge in [-0.1, -0.05) is 17.7 Å². The molecule has 0 bridgehead atoms. The Kier molecular flexibility index (Phi) is 6.76. The van der Waals surface area contributed by atoms with Gasteiger partial charge in [0.25, 0.3) is 11.8 Å². The molecule has 3 heterocycles. The maximum Gasteiger partial charge on any atom is 0.277 e. The molecule has 1 saturated carbocycles. The summed E-state index contributed by atoms with van der Waals surface area (Å²) in [6.07, 6.45) is 3.30. The lowest BCUT2D eigenvalue weighted by Crippen LogP contribution is -2.39. The number of aromatic nitrogens is 2. The molecule has 2 aromatic carbocycles. The highest BCUT2D eigenvalue weighted by molar-refractivity contribution is 6.30. The second kappa shape index (κ2) is 9.84. The third kappa shape index (κ3) is 4.49. The third-order valence-electron chi connectivity index (χ3n) is 6.98. The molecule has 1 fully saturated rings. The van der Waals surface area contributed by atoms with E-state index in [9.17, 15) is 14.0 Å². The van der Waals surface area contributed by atoms with Crippen LogP contribution in [0.2, 0.25) is 5.02 Å². The van der Waals surface area contributed by atoms with Gasteiger partial charge in [-0.15, -0.1) is 12.4 Å². The van der Waals surface area contributed by atoms with Crippen molar-refractivity contribution in [2.75, 3.05) is 24.5 Å². The van der Waals surface area contributed by atoms with Gasteiger partial charge < -0.3 is 15.5 Å². The van der Waals surface area contributed by atoms with Crippen LogP contribution in [0.25, 0.3) is 5.69 Å². The zero-order valence-corrected chi connectivity index (χ0v) is 21.1. The Morgan fingerprint density at radius 2 is 2.00 bits per heavy atom. The summed E-state index contributed by atoms with van der Waals surface area (Å²) in [5.41, 5.74) is 3.86. The second-order valence-electron chi connectivity index (χ2n) is 9.42. The molecule has 0 unspecified atom stereocenters. The number of hydrogen-bond acceptors (Lipinski definition) is 4. The van der Waals surface area contributed by atoms with E-state index in [1.54, 1.807) is 29.2 Å². The van der Waals surface area contributed by atoms with Crippen LogP contribution < -0.4 is 15.5 Å². The highest BCUT2D eigenvalue weighted by atomic mass is 35.5. The maximum atomic E-state index is 14.9. The minimum absolute atomic E-state index is 0. The normalized spacial score (nSPS) is 16.7. The molecule has 0 spiro atoms. The molecule has 2 amide bonds. The first kappa shape index (κ1) is 24.7. The van der Waals surface area contributed by atoms with E-state index in [1.807, 2.05) is 6.07 Å². The van der Waals surface area contributed by atoms with Crippen LogP contribution in [0.15, 0.2) is 36.4 Å². The van der Waals surface area contributed by atoms with E-state index in [-0.39, 0.29) is 35.7 Å². The van der Waals surface area contributed by atoms with Gasteiger partial charge in [-0.2, -0.15) is 5.10 Å². The second-order valence-corrected chi connectivity index (χ2v) is 9.86. The van der Waals surface area contributed by atoms with Crippen molar-refractivity contribution in [2.45, 2.75) is 32.2 Å². The van der Waals surface area contributed by atoms with Gasteiger partial charge in [-0.05, 0) is 79.6 Å². The van der Waals surface area contributed by atoms with Crippen LogP contribution in [0.3, 0.4) is 0 Å². The molecule has 6 rings (SSSR count). The molecule has 2 N–H and O–H groups in total. The molecule has 0 radical (unpaired) electrons. The fraction of sp³-hybridized carbons (Fsp3) is 0.346.